The highest BCUT2D eigenvalue weighted by Gasteiger charge is 2.38. The molecule has 102 valence electrons. The zero-order chi connectivity index (χ0) is 13.4. The third kappa shape index (κ3) is 2.78. The van der Waals surface area contributed by atoms with Crippen molar-refractivity contribution in [3.63, 3.8) is 0 Å². The molecule has 0 amide bonds. The lowest BCUT2D eigenvalue weighted by Gasteiger charge is -2.36. The second kappa shape index (κ2) is 4.71. The number of carbonyl (C=O) groups excluding carboxylic acids is 1. The summed E-state index contributed by atoms with van der Waals surface area (Å²) in [5.41, 5.74) is 0.225. The van der Waals surface area contributed by atoms with Gasteiger partial charge in [-0.3, -0.25) is 4.79 Å². The normalized spacial score (nSPS) is 27.6. The zero-order valence-electron chi connectivity index (χ0n) is 12.0. The van der Waals surface area contributed by atoms with Gasteiger partial charge in [-0.05, 0) is 43.9 Å². The van der Waals surface area contributed by atoms with Crippen LogP contribution >= 0.6 is 0 Å². The molecule has 0 heterocycles. The summed E-state index contributed by atoms with van der Waals surface area (Å²) in [6.07, 6.45) is 8.94. The van der Waals surface area contributed by atoms with Crippen LogP contribution in [0.3, 0.4) is 0 Å². The highest BCUT2D eigenvalue weighted by atomic mass is 16.3. The number of rotatable bonds is 3. The van der Waals surface area contributed by atoms with Crippen LogP contribution in [0.25, 0.3) is 0 Å². The summed E-state index contributed by atoms with van der Waals surface area (Å²) in [5, 5.41) is 10.1. The molecule has 0 bridgehead atoms. The van der Waals surface area contributed by atoms with Crippen LogP contribution in [0.15, 0.2) is 11.8 Å². The summed E-state index contributed by atoms with van der Waals surface area (Å²) in [7, 11) is 0. The van der Waals surface area contributed by atoms with Crippen molar-refractivity contribution in [1.82, 2.24) is 0 Å². The number of carbonyl (C=O) groups is 1. The third-order valence-corrected chi connectivity index (χ3v) is 5.09. The Balaban J connectivity index is 1.95. The molecule has 18 heavy (non-hydrogen) atoms. The van der Waals surface area contributed by atoms with E-state index in [1.54, 1.807) is 0 Å². The van der Waals surface area contributed by atoms with Crippen molar-refractivity contribution in [2.45, 2.75) is 65.7 Å². The second-order valence-electron chi connectivity index (χ2n) is 7.29. The fourth-order valence-electron chi connectivity index (χ4n) is 3.07. The van der Waals surface area contributed by atoms with Gasteiger partial charge in [0, 0.05) is 17.4 Å². The van der Waals surface area contributed by atoms with Crippen molar-refractivity contribution in [1.29, 1.82) is 0 Å². The quantitative estimate of drug-likeness (QED) is 0.595. The maximum absolute atomic E-state index is 12.1. The van der Waals surface area contributed by atoms with Gasteiger partial charge in [-0.25, -0.2) is 0 Å². The predicted octanol–water partition coefficient (Wildman–Crippen LogP) is 4.40. The fraction of sp³-hybridized carbons (Fsp3) is 0.812. The summed E-state index contributed by atoms with van der Waals surface area (Å²) in [6.45, 7) is 6.58. The van der Waals surface area contributed by atoms with Crippen LogP contribution < -0.4 is 0 Å². The first-order valence-corrected chi connectivity index (χ1v) is 7.27. The predicted molar refractivity (Wildman–Crippen MR) is 73.4 cm³/mol. The Hall–Kier alpha value is -0.790. The molecular weight excluding hydrogens is 224 g/mol. The lowest BCUT2D eigenvalue weighted by molar-refractivity contribution is -0.127. The van der Waals surface area contributed by atoms with Gasteiger partial charge in [0.25, 0.3) is 0 Å². The molecule has 0 atom stereocenters. The van der Waals surface area contributed by atoms with E-state index in [4.69, 9.17) is 0 Å². The molecule has 0 unspecified atom stereocenters. The van der Waals surface area contributed by atoms with E-state index in [0.717, 1.165) is 44.9 Å². The van der Waals surface area contributed by atoms with Crippen molar-refractivity contribution in [3.05, 3.63) is 11.8 Å². The van der Waals surface area contributed by atoms with Crippen LogP contribution in [-0.2, 0) is 4.79 Å². The van der Waals surface area contributed by atoms with Gasteiger partial charge in [-0.15, -0.1) is 0 Å². The standard InChI is InChI=1S/C16H26O2/c1-15(2)9-5-12(6-10-15)13(17)11-14(18)16(3)7-4-8-16/h11-12,17H,4-10H2,1-3H3/b13-11-. The van der Waals surface area contributed by atoms with E-state index in [1.807, 2.05) is 6.92 Å². The summed E-state index contributed by atoms with van der Waals surface area (Å²) < 4.78 is 0. The molecule has 2 fully saturated rings. The molecule has 0 aromatic rings. The highest BCUT2D eigenvalue weighted by molar-refractivity contribution is 5.95. The summed E-state index contributed by atoms with van der Waals surface area (Å²) in [5.74, 6) is 0.686. The van der Waals surface area contributed by atoms with Crippen LogP contribution in [0.4, 0.5) is 0 Å². The Bertz CT molecular complexity index is 351. The van der Waals surface area contributed by atoms with Gasteiger partial charge >= 0.3 is 0 Å². The maximum atomic E-state index is 12.1. The molecule has 2 rings (SSSR count). The summed E-state index contributed by atoms with van der Waals surface area (Å²) in [6, 6.07) is 0. The molecule has 2 saturated carbocycles. The molecule has 0 spiro atoms. The zero-order valence-corrected chi connectivity index (χ0v) is 12.0. The molecule has 0 aliphatic heterocycles. The van der Waals surface area contributed by atoms with E-state index in [0.29, 0.717) is 11.2 Å². The largest absolute Gasteiger partial charge is 0.512 e. The van der Waals surface area contributed by atoms with Gasteiger partial charge in [0.15, 0.2) is 5.78 Å². The minimum absolute atomic E-state index is 0.135. The number of aliphatic hydroxyl groups excluding tert-OH is 1. The van der Waals surface area contributed by atoms with E-state index in [-0.39, 0.29) is 17.1 Å². The smallest absolute Gasteiger partial charge is 0.164 e. The minimum atomic E-state index is -0.179. The Kier molecular flexibility index (Phi) is 3.57. The van der Waals surface area contributed by atoms with Gasteiger partial charge in [-0.2, -0.15) is 0 Å². The number of hydrogen-bond acceptors (Lipinski definition) is 2. The van der Waals surface area contributed by atoms with Crippen molar-refractivity contribution in [2.75, 3.05) is 0 Å². The van der Waals surface area contributed by atoms with Crippen molar-refractivity contribution >= 4 is 5.78 Å². The van der Waals surface area contributed by atoms with Gasteiger partial charge in [-0.1, -0.05) is 27.2 Å². The Morgan fingerprint density at radius 2 is 1.67 bits per heavy atom. The number of allylic oxidation sites excluding steroid dienone is 2. The molecule has 2 aliphatic rings. The first-order chi connectivity index (χ1) is 8.32. The topological polar surface area (TPSA) is 37.3 Å². The van der Waals surface area contributed by atoms with Crippen molar-refractivity contribution < 1.29 is 9.90 Å². The SMILES string of the molecule is CC1(C)CCC(/C(O)=C/C(=O)C2(C)CCC2)CC1. The fourth-order valence-corrected chi connectivity index (χ4v) is 3.07. The lowest BCUT2D eigenvalue weighted by Crippen LogP contribution is -2.34. The average molecular weight is 250 g/mol. The Morgan fingerprint density at radius 3 is 2.11 bits per heavy atom. The number of hydrogen-bond donors (Lipinski definition) is 1. The molecular formula is C16H26O2. The van der Waals surface area contributed by atoms with Gasteiger partial charge in [0.2, 0.25) is 0 Å². The average Bonchev–Trinajstić information content (AvgIpc) is 2.25. The van der Waals surface area contributed by atoms with Crippen molar-refractivity contribution in [3.8, 4) is 0 Å². The van der Waals surface area contributed by atoms with Gasteiger partial charge in [0.1, 0.15) is 0 Å². The Labute approximate surface area is 110 Å². The van der Waals surface area contributed by atoms with E-state index in [9.17, 15) is 9.90 Å². The van der Waals surface area contributed by atoms with E-state index < -0.39 is 0 Å². The molecule has 1 N–H and O–H groups in total. The molecule has 2 heteroatoms. The lowest BCUT2D eigenvalue weighted by atomic mass is 9.67. The molecule has 0 aromatic carbocycles. The second-order valence-corrected chi connectivity index (χ2v) is 7.29. The molecule has 2 nitrogen and oxygen atoms in total. The maximum Gasteiger partial charge on any atom is 0.164 e. The molecule has 0 saturated heterocycles. The molecule has 0 aromatic heterocycles. The van der Waals surface area contributed by atoms with Gasteiger partial charge < -0.3 is 5.11 Å². The van der Waals surface area contributed by atoms with E-state index in [2.05, 4.69) is 13.8 Å². The van der Waals surface area contributed by atoms with E-state index in [1.165, 1.54) is 6.08 Å². The molecule has 2 aliphatic carbocycles. The number of ketones is 1. The van der Waals surface area contributed by atoms with Crippen LogP contribution in [0.1, 0.15) is 65.7 Å². The monoisotopic (exact) mass is 250 g/mol. The minimum Gasteiger partial charge on any atom is -0.512 e. The van der Waals surface area contributed by atoms with Crippen molar-refractivity contribution in [2.24, 2.45) is 16.7 Å². The van der Waals surface area contributed by atoms with Crippen LogP contribution in [0.2, 0.25) is 0 Å². The first kappa shape index (κ1) is 13.6. The van der Waals surface area contributed by atoms with Crippen LogP contribution in [0, 0.1) is 16.7 Å². The highest BCUT2D eigenvalue weighted by Crippen LogP contribution is 2.43. The van der Waals surface area contributed by atoms with Gasteiger partial charge in [0.05, 0.1) is 5.76 Å². The third-order valence-electron chi connectivity index (χ3n) is 5.09. The Morgan fingerprint density at radius 1 is 1.11 bits per heavy atom. The summed E-state index contributed by atoms with van der Waals surface area (Å²) >= 11 is 0. The summed E-state index contributed by atoms with van der Waals surface area (Å²) in [4.78, 5) is 12.1. The van der Waals surface area contributed by atoms with E-state index >= 15 is 0 Å². The first-order valence-electron chi connectivity index (χ1n) is 7.27. The molecule has 0 radical (unpaired) electrons. The van der Waals surface area contributed by atoms with Crippen LogP contribution in [-0.4, -0.2) is 10.9 Å². The number of aliphatic hydroxyl groups is 1. The van der Waals surface area contributed by atoms with Crippen LogP contribution in [0.5, 0.6) is 0 Å².